The van der Waals surface area contributed by atoms with Crippen LogP contribution in [0.5, 0.6) is 0 Å². The minimum absolute atomic E-state index is 0.0884. The van der Waals surface area contributed by atoms with Crippen molar-refractivity contribution in [2.45, 2.75) is 24.7 Å². The van der Waals surface area contributed by atoms with Gasteiger partial charge in [-0.15, -0.1) is 11.3 Å². The summed E-state index contributed by atoms with van der Waals surface area (Å²) in [4.78, 5) is 30.5. The first-order chi connectivity index (χ1) is 13.3. The van der Waals surface area contributed by atoms with Gasteiger partial charge in [-0.3, -0.25) is 15.0 Å². The highest BCUT2D eigenvalue weighted by Crippen LogP contribution is 2.21. The van der Waals surface area contributed by atoms with E-state index in [1.54, 1.807) is 24.3 Å². The summed E-state index contributed by atoms with van der Waals surface area (Å²) in [5.41, 5.74) is 2.06. The van der Waals surface area contributed by atoms with Crippen molar-refractivity contribution in [2.24, 2.45) is 0 Å². The van der Waals surface area contributed by atoms with Gasteiger partial charge in [0.05, 0.1) is 10.3 Å². The molecule has 11 heteroatoms. The van der Waals surface area contributed by atoms with Crippen LogP contribution in [0.2, 0.25) is 0 Å². The normalized spacial score (nSPS) is 11.6. The molecular weight excluding hydrogens is 468 g/mol. The van der Waals surface area contributed by atoms with Crippen LogP contribution in [0.15, 0.2) is 50.8 Å². The SMILES string of the molecule is CCc1cc2c(=O)n(NC(=O)CCNS(=O)(=O)c3ccccc3Br)cnc2s1. The lowest BCUT2D eigenvalue weighted by Gasteiger charge is -2.09. The monoisotopic (exact) mass is 484 g/mol. The number of hydrogen-bond acceptors (Lipinski definition) is 6. The zero-order valence-electron chi connectivity index (χ0n) is 14.8. The van der Waals surface area contributed by atoms with Gasteiger partial charge in [0.2, 0.25) is 15.9 Å². The van der Waals surface area contributed by atoms with Gasteiger partial charge in [0.1, 0.15) is 11.2 Å². The summed E-state index contributed by atoms with van der Waals surface area (Å²) < 4.78 is 28.4. The van der Waals surface area contributed by atoms with E-state index >= 15 is 0 Å². The summed E-state index contributed by atoms with van der Waals surface area (Å²) in [5, 5.41) is 0.444. The molecule has 0 radical (unpaired) electrons. The van der Waals surface area contributed by atoms with Crippen molar-refractivity contribution in [2.75, 3.05) is 12.0 Å². The molecule has 0 saturated carbocycles. The third-order valence-corrected chi connectivity index (χ3v) is 7.53. The summed E-state index contributed by atoms with van der Waals surface area (Å²) in [6, 6.07) is 8.15. The van der Waals surface area contributed by atoms with Gasteiger partial charge in [-0.1, -0.05) is 19.1 Å². The van der Waals surface area contributed by atoms with Crippen molar-refractivity contribution in [3.63, 3.8) is 0 Å². The van der Waals surface area contributed by atoms with Crippen LogP contribution in [-0.2, 0) is 21.2 Å². The number of sulfonamides is 1. The van der Waals surface area contributed by atoms with E-state index in [0.29, 0.717) is 14.7 Å². The molecule has 0 bridgehead atoms. The maximum Gasteiger partial charge on any atom is 0.280 e. The van der Waals surface area contributed by atoms with Gasteiger partial charge in [-0.2, -0.15) is 0 Å². The Morgan fingerprint density at radius 2 is 2.07 bits per heavy atom. The molecule has 3 rings (SSSR count). The fourth-order valence-electron chi connectivity index (χ4n) is 2.46. The molecule has 28 heavy (non-hydrogen) atoms. The highest BCUT2D eigenvalue weighted by Gasteiger charge is 2.17. The van der Waals surface area contributed by atoms with E-state index in [2.05, 4.69) is 31.1 Å². The molecule has 0 aliphatic heterocycles. The number of hydrogen-bond donors (Lipinski definition) is 2. The van der Waals surface area contributed by atoms with E-state index in [1.165, 1.54) is 23.7 Å². The van der Waals surface area contributed by atoms with Crippen LogP contribution in [0, 0.1) is 0 Å². The molecule has 3 aromatic rings. The van der Waals surface area contributed by atoms with E-state index < -0.39 is 15.9 Å². The number of fused-ring (bicyclic) bond motifs is 1. The van der Waals surface area contributed by atoms with E-state index in [1.807, 2.05) is 6.92 Å². The number of aromatic nitrogens is 2. The van der Waals surface area contributed by atoms with Crippen molar-refractivity contribution in [3.8, 4) is 0 Å². The van der Waals surface area contributed by atoms with Crippen molar-refractivity contribution >= 4 is 53.4 Å². The van der Waals surface area contributed by atoms with Gasteiger partial charge in [0, 0.05) is 22.3 Å². The fraction of sp³-hybridized carbons (Fsp3) is 0.235. The Morgan fingerprint density at radius 3 is 2.79 bits per heavy atom. The third kappa shape index (κ3) is 4.49. The molecule has 8 nitrogen and oxygen atoms in total. The number of carbonyl (C=O) groups excluding carboxylic acids is 1. The van der Waals surface area contributed by atoms with Gasteiger partial charge in [-0.05, 0) is 40.5 Å². The predicted octanol–water partition coefficient (Wildman–Crippen LogP) is 2.22. The smallest absolute Gasteiger partial charge is 0.273 e. The van der Waals surface area contributed by atoms with E-state index in [9.17, 15) is 18.0 Å². The molecule has 0 fully saturated rings. The topological polar surface area (TPSA) is 110 Å². The molecule has 0 aliphatic carbocycles. The van der Waals surface area contributed by atoms with E-state index in [4.69, 9.17) is 0 Å². The van der Waals surface area contributed by atoms with Crippen molar-refractivity contribution in [1.29, 1.82) is 0 Å². The number of amides is 1. The number of aryl methyl sites for hydroxylation is 1. The lowest BCUT2D eigenvalue weighted by molar-refractivity contribution is -0.117. The van der Waals surface area contributed by atoms with Crippen LogP contribution in [0.3, 0.4) is 0 Å². The Labute approximate surface area is 173 Å². The quantitative estimate of drug-likeness (QED) is 0.534. The Kier molecular flexibility index (Phi) is 6.28. The maximum absolute atomic E-state index is 12.4. The van der Waals surface area contributed by atoms with Crippen LogP contribution in [-0.4, -0.2) is 30.5 Å². The molecule has 148 valence electrons. The van der Waals surface area contributed by atoms with Crippen molar-refractivity contribution in [3.05, 3.63) is 56.4 Å². The van der Waals surface area contributed by atoms with Crippen LogP contribution in [0.4, 0.5) is 0 Å². The number of thiophene rings is 1. The zero-order valence-corrected chi connectivity index (χ0v) is 18.0. The highest BCUT2D eigenvalue weighted by atomic mass is 79.9. The standard InChI is InChI=1S/C17H17BrN4O4S2/c1-2-11-9-12-16(27-11)19-10-22(17(12)24)21-15(23)7-8-20-28(25,26)14-6-4-3-5-13(14)18/h3-6,9-10,20H,2,7-8H2,1H3,(H,21,23). The second-order valence-corrected chi connectivity index (χ2v) is 9.52. The number of nitrogens with zero attached hydrogens (tertiary/aromatic N) is 2. The first-order valence-electron chi connectivity index (χ1n) is 8.36. The molecule has 0 spiro atoms. The molecule has 2 aromatic heterocycles. The molecule has 0 atom stereocenters. The van der Waals surface area contributed by atoms with Gasteiger partial charge in [0.15, 0.2) is 0 Å². The Hall–Kier alpha value is -2.08. The summed E-state index contributed by atoms with van der Waals surface area (Å²) in [7, 11) is -3.75. The van der Waals surface area contributed by atoms with Crippen molar-refractivity contribution in [1.82, 2.24) is 14.4 Å². The Morgan fingerprint density at radius 1 is 1.32 bits per heavy atom. The molecule has 0 unspecified atom stereocenters. The zero-order chi connectivity index (χ0) is 20.3. The Balaban J connectivity index is 1.63. The number of nitrogens with one attached hydrogen (secondary N) is 2. The molecule has 1 aromatic carbocycles. The number of carbonyl (C=O) groups is 1. The Bertz CT molecular complexity index is 1190. The van der Waals surface area contributed by atoms with E-state index in [-0.39, 0.29) is 23.4 Å². The fourth-order valence-corrected chi connectivity index (χ4v) is 5.41. The minimum Gasteiger partial charge on any atom is -0.273 e. The van der Waals surface area contributed by atoms with Crippen LogP contribution in [0.25, 0.3) is 10.2 Å². The van der Waals surface area contributed by atoms with Crippen LogP contribution >= 0.6 is 27.3 Å². The number of benzene rings is 1. The second kappa shape index (κ2) is 8.52. The first-order valence-corrected chi connectivity index (χ1v) is 11.4. The largest absolute Gasteiger partial charge is 0.280 e. The number of rotatable bonds is 7. The third-order valence-electron chi connectivity index (χ3n) is 3.87. The lowest BCUT2D eigenvalue weighted by Crippen LogP contribution is -2.35. The maximum atomic E-state index is 12.4. The van der Waals surface area contributed by atoms with Gasteiger partial charge in [-0.25, -0.2) is 22.8 Å². The molecule has 2 heterocycles. The van der Waals surface area contributed by atoms with E-state index in [0.717, 1.165) is 16.0 Å². The number of halogens is 1. The molecule has 0 aliphatic rings. The second-order valence-electron chi connectivity index (χ2n) is 5.82. The summed E-state index contributed by atoms with van der Waals surface area (Å²) in [5.74, 6) is -0.510. The molecule has 1 amide bonds. The average Bonchev–Trinajstić information content (AvgIpc) is 3.08. The van der Waals surface area contributed by atoms with Crippen LogP contribution in [0.1, 0.15) is 18.2 Å². The van der Waals surface area contributed by atoms with Gasteiger partial charge < -0.3 is 0 Å². The van der Waals surface area contributed by atoms with Crippen molar-refractivity contribution < 1.29 is 13.2 Å². The highest BCUT2D eigenvalue weighted by molar-refractivity contribution is 9.10. The average molecular weight is 485 g/mol. The lowest BCUT2D eigenvalue weighted by atomic mass is 10.3. The van der Waals surface area contributed by atoms with Gasteiger partial charge >= 0.3 is 0 Å². The molecule has 2 N–H and O–H groups in total. The summed E-state index contributed by atoms with van der Waals surface area (Å²) in [6.45, 7) is 1.87. The minimum atomic E-state index is -3.75. The predicted molar refractivity (Wildman–Crippen MR) is 112 cm³/mol. The first kappa shape index (κ1) is 20.6. The summed E-state index contributed by atoms with van der Waals surface area (Å²) >= 11 is 4.63. The molecule has 0 saturated heterocycles. The van der Waals surface area contributed by atoms with Crippen LogP contribution < -0.4 is 15.7 Å². The molecular formula is C17H17BrN4O4S2. The van der Waals surface area contributed by atoms with Gasteiger partial charge in [0.25, 0.3) is 5.56 Å². The summed E-state index contributed by atoms with van der Waals surface area (Å²) in [6.07, 6.45) is 1.91.